The van der Waals surface area contributed by atoms with Crippen LogP contribution in [0.25, 0.3) is 0 Å². The van der Waals surface area contributed by atoms with E-state index in [9.17, 15) is 9.59 Å². The van der Waals surface area contributed by atoms with Crippen molar-refractivity contribution in [3.05, 3.63) is 0 Å². The highest BCUT2D eigenvalue weighted by atomic mass is 16.4. The van der Waals surface area contributed by atoms with Crippen molar-refractivity contribution in [3.63, 3.8) is 0 Å². The van der Waals surface area contributed by atoms with E-state index in [-0.39, 0.29) is 13.0 Å². The van der Waals surface area contributed by atoms with E-state index in [4.69, 9.17) is 10.2 Å². The first kappa shape index (κ1) is 17.7. The highest BCUT2D eigenvalue weighted by molar-refractivity contribution is 5.82. The van der Waals surface area contributed by atoms with Gasteiger partial charge in [-0.2, -0.15) is 0 Å². The molecule has 0 saturated carbocycles. The van der Waals surface area contributed by atoms with Crippen LogP contribution in [0.4, 0.5) is 4.79 Å². The number of carbonyl (C=O) groups excluding carboxylic acids is 1. The summed E-state index contributed by atoms with van der Waals surface area (Å²) < 4.78 is 0. The Morgan fingerprint density at radius 3 is 2.32 bits per heavy atom. The summed E-state index contributed by atoms with van der Waals surface area (Å²) in [6.07, 6.45) is 0.836. The van der Waals surface area contributed by atoms with Crippen molar-refractivity contribution >= 4 is 12.0 Å². The number of aliphatic hydroxyl groups excluding tert-OH is 1. The van der Waals surface area contributed by atoms with Gasteiger partial charge in [0, 0.05) is 26.1 Å². The Bertz CT molecular complexity index is 284. The maximum Gasteiger partial charge on any atom is 0.326 e. The number of nitrogens with one attached hydrogen (secondary N) is 1. The number of amides is 2. The summed E-state index contributed by atoms with van der Waals surface area (Å²) in [6, 6.07) is -1.44. The molecule has 3 N–H and O–H groups in total. The first-order valence-electron chi connectivity index (χ1n) is 6.46. The molecule has 0 aliphatic rings. The number of aliphatic hydroxyl groups is 1. The third-order valence-corrected chi connectivity index (χ3v) is 2.72. The molecule has 19 heavy (non-hydrogen) atoms. The third kappa shape index (κ3) is 7.63. The molecule has 0 unspecified atom stereocenters. The maximum atomic E-state index is 11.9. The number of hydrogen-bond donors (Lipinski definition) is 3. The van der Waals surface area contributed by atoms with E-state index >= 15 is 0 Å². The van der Waals surface area contributed by atoms with Gasteiger partial charge in [0.1, 0.15) is 6.04 Å². The second-order valence-corrected chi connectivity index (χ2v) is 4.59. The van der Waals surface area contributed by atoms with Gasteiger partial charge in [-0.1, -0.05) is 0 Å². The molecule has 0 aliphatic heterocycles. The number of rotatable bonds is 9. The lowest BCUT2D eigenvalue weighted by Crippen LogP contribution is -2.48. The fourth-order valence-corrected chi connectivity index (χ4v) is 1.61. The molecule has 0 radical (unpaired) electrons. The molecular formula is C12H25N3O4. The molecule has 0 spiro atoms. The zero-order valence-corrected chi connectivity index (χ0v) is 11.9. The molecule has 0 rings (SSSR count). The van der Waals surface area contributed by atoms with Crippen molar-refractivity contribution in [2.75, 3.05) is 40.3 Å². The lowest BCUT2D eigenvalue weighted by molar-refractivity contribution is -0.139. The van der Waals surface area contributed by atoms with E-state index in [1.54, 1.807) is 4.90 Å². The number of aliphatic carboxylic acids is 1. The lowest BCUT2D eigenvalue weighted by Gasteiger charge is -2.24. The molecule has 0 aliphatic carbocycles. The first-order chi connectivity index (χ1) is 8.92. The Balaban J connectivity index is 4.28. The van der Waals surface area contributed by atoms with Crippen molar-refractivity contribution in [2.24, 2.45) is 0 Å². The average Bonchev–Trinajstić information content (AvgIpc) is 2.33. The van der Waals surface area contributed by atoms with Gasteiger partial charge < -0.3 is 25.3 Å². The minimum atomic E-state index is -1.13. The quantitative estimate of drug-likeness (QED) is 0.542. The Labute approximate surface area is 114 Å². The fourth-order valence-electron chi connectivity index (χ4n) is 1.61. The van der Waals surface area contributed by atoms with E-state index in [0.717, 1.165) is 13.0 Å². The zero-order valence-electron chi connectivity index (χ0n) is 11.9. The van der Waals surface area contributed by atoms with Gasteiger partial charge in [0.25, 0.3) is 0 Å². The van der Waals surface area contributed by atoms with E-state index < -0.39 is 18.0 Å². The monoisotopic (exact) mass is 275 g/mol. The number of nitrogens with zero attached hydrogens (tertiary/aromatic N) is 2. The molecule has 0 aromatic carbocycles. The number of hydrogen-bond acceptors (Lipinski definition) is 4. The van der Waals surface area contributed by atoms with E-state index in [2.05, 4.69) is 5.32 Å². The van der Waals surface area contributed by atoms with Gasteiger partial charge in [-0.15, -0.1) is 0 Å². The molecule has 0 heterocycles. The molecule has 112 valence electrons. The summed E-state index contributed by atoms with van der Waals surface area (Å²) in [6.45, 7) is 3.53. The van der Waals surface area contributed by atoms with Crippen LogP contribution >= 0.6 is 0 Å². The molecule has 2 amide bonds. The largest absolute Gasteiger partial charge is 0.480 e. The number of urea groups is 1. The van der Waals surface area contributed by atoms with Crippen LogP contribution in [0.5, 0.6) is 0 Å². The van der Waals surface area contributed by atoms with Crippen LogP contribution < -0.4 is 5.32 Å². The van der Waals surface area contributed by atoms with Gasteiger partial charge >= 0.3 is 12.0 Å². The van der Waals surface area contributed by atoms with Gasteiger partial charge in [-0.3, -0.25) is 0 Å². The van der Waals surface area contributed by atoms with Crippen molar-refractivity contribution < 1.29 is 19.8 Å². The van der Waals surface area contributed by atoms with Crippen LogP contribution in [0.2, 0.25) is 0 Å². The summed E-state index contributed by atoms with van der Waals surface area (Å²) >= 11 is 0. The predicted octanol–water partition coefficient (Wildman–Crippen LogP) is -0.195. The average molecular weight is 275 g/mol. The van der Waals surface area contributed by atoms with Crippen LogP contribution in [0.15, 0.2) is 0 Å². The minimum absolute atomic E-state index is 0.0102. The second kappa shape index (κ2) is 9.57. The second-order valence-electron chi connectivity index (χ2n) is 4.59. The Hall–Kier alpha value is -1.34. The lowest BCUT2D eigenvalue weighted by atomic mass is 10.2. The maximum absolute atomic E-state index is 11.9. The first-order valence-corrected chi connectivity index (χ1v) is 6.46. The molecular weight excluding hydrogens is 250 g/mol. The van der Waals surface area contributed by atoms with Gasteiger partial charge in [-0.25, -0.2) is 9.59 Å². The third-order valence-electron chi connectivity index (χ3n) is 2.72. The molecule has 0 aromatic rings. The minimum Gasteiger partial charge on any atom is -0.480 e. The van der Waals surface area contributed by atoms with Crippen molar-refractivity contribution in [3.8, 4) is 0 Å². The summed E-state index contributed by atoms with van der Waals surface area (Å²) in [5.41, 5.74) is 0. The SMILES string of the molecule is CCN(CCCN(C)C)C(=O)N[C@H](CCO)C(=O)O. The molecule has 0 fully saturated rings. The highest BCUT2D eigenvalue weighted by Crippen LogP contribution is 1.98. The van der Waals surface area contributed by atoms with Crippen LogP contribution in [-0.2, 0) is 4.79 Å². The normalized spacial score (nSPS) is 12.3. The van der Waals surface area contributed by atoms with Crippen molar-refractivity contribution in [2.45, 2.75) is 25.8 Å². The van der Waals surface area contributed by atoms with Gasteiger partial charge in [0.15, 0.2) is 0 Å². The summed E-state index contributed by atoms with van der Waals surface area (Å²) in [5, 5.41) is 20.1. The molecule has 1 atom stereocenters. The molecule has 0 aromatic heterocycles. The fraction of sp³-hybridized carbons (Fsp3) is 0.833. The van der Waals surface area contributed by atoms with Crippen molar-refractivity contribution in [1.29, 1.82) is 0 Å². The molecule has 7 nitrogen and oxygen atoms in total. The summed E-state index contributed by atoms with van der Waals surface area (Å²) in [7, 11) is 3.91. The topological polar surface area (TPSA) is 93.1 Å². The number of carboxylic acids is 1. The van der Waals surface area contributed by atoms with E-state index in [0.29, 0.717) is 13.1 Å². The Morgan fingerprint density at radius 2 is 1.89 bits per heavy atom. The zero-order chi connectivity index (χ0) is 14.8. The highest BCUT2D eigenvalue weighted by Gasteiger charge is 2.21. The molecule has 0 saturated heterocycles. The predicted molar refractivity (Wildman–Crippen MR) is 72.1 cm³/mol. The summed E-state index contributed by atoms with van der Waals surface area (Å²) in [5.74, 6) is -1.13. The van der Waals surface area contributed by atoms with Crippen LogP contribution in [0.3, 0.4) is 0 Å². The molecule has 7 heteroatoms. The van der Waals surface area contributed by atoms with Crippen LogP contribution in [-0.4, -0.2) is 78.4 Å². The van der Waals surface area contributed by atoms with E-state index in [1.807, 2.05) is 25.9 Å². The van der Waals surface area contributed by atoms with E-state index in [1.165, 1.54) is 0 Å². The van der Waals surface area contributed by atoms with Gasteiger partial charge in [0.2, 0.25) is 0 Å². The van der Waals surface area contributed by atoms with Gasteiger partial charge in [0.05, 0.1) is 0 Å². The van der Waals surface area contributed by atoms with Crippen molar-refractivity contribution in [1.82, 2.24) is 15.1 Å². The van der Waals surface area contributed by atoms with Gasteiger partial charge in [-0.05, 0) is 34.0 Å². The van der Waals surface area contributed by atoms with Crippen LogP contribution in [0.1, 0.15) is 19.8 Å². The summed E-state index contributed by atoms with van der Waals surface area (Å²) in [4.78, 5) is 26.4. The number of carboxylic acid groups (broad SMARTS) is 1. The standard InChI is InChI=1S/C12H25N3O4/c1-4-15(8-5-7-14(2)3)12(19)13-10(6-9-16)11(17)18/h10,16H,4-9H2,1-3H3,(H,13,19)(H,17,18)/t10-/m1/s1. The smallest absolute Gasteiger partial charge is 0.326 e. The Morgan fingerprint density at radius 1 is 1.26 bits per heavy atom. The number of carbonyl (C=O) groups is 2. The van der Waals surface area contributed by atoms with Crippen LogP contribution in [0, 0.1) is 0 Å². The Kier molecular flexibility index (Phi) is 8.90. The molecule has 0 bridgehead atoms.